The SMILES string of the molecule is CC(C)(C)[C@H](c1cc(-c2cc(F)ccc2F)cn1Cc1ccccc1)N(CC1CCNC1)C(=O)CSC[C@H](NC(=O)CCCCCN1C(=O)C=CC2OC21)C(=O)O. The van der Waals surface area contributed by atoms with E-state index < -0.39 is 35.1 Å². The molecule has 3 aliphatic rings. The van der Waals surface area contributed by atoms with Crippen molar-refractivity contribution in [1.82, 2.24) is 25.0 Å². The number of epoxide rings is 1. The standard InChI is InChI=1S/C43H53F2N5O6S/c1-43(2,3)40(35-20-30(32-21-31(44)13-14-33(32)45)25-48(35)23-28-10-6-4-7-11-28)50(24-29-17-18-46-22-29)39(53)27-57-26-34(42(54)55)47-37(51)12-8-5-9-19-49-38(52)16-15-36-41(49)56-36/h4,6-7,10-11,13-16,20-21,25,29,34,36,40-41,46H,5,8-9,12,17-19,22-24,26-27H2,1-3H3,(H,47,51)(H,54,55)/t29?,34-,36?,40-,41?/m0/s1. The Morgan fingerprint density at radius 1 is 1.09 bits per heavy atom. The summed E-state index contributed by atoms with van der Waals surface area (Å²) in [5, 5.41) is 16.0. The van der Waals surface area contributed by atoms with E-state index in [4.69, 9.17) is 4.74 Å². The molecule has 1 aromatic heterocycles. The minimum Gasteiger partial charge on any atom is -0.480 e. The van der Waals surface area contributed by atoms with Gasteiger partial charge in [-0.3, -0.25) is 14.4 Å². The fraction of sp³-hybridized carbons (Fsp3) is 0.488. The Labute approximate surface area is 337 Å². The van der Waals surface area contributed by atoms with Crippen LogP contribution in [0.2, 0.25) is 0 Å². The second-order valence-corrected chi connectivity index (χ2v) is 17.3. The highest BCUT2D eigenvalue weighted by atomic mass is 32.2. The molecule has 2 aromatic carbocycles. The molecule has 3 aliphatic heterocycles. The molecular formula is C43H53F2N5O6S. The number of thioether (sulfide) groups is 1. The summed E-state index contributed by atoms with van der Waals surface area (Å²) in [5.41, 5.74) is 1.89. The third kappa shape index (κ3) is 11.1. The van der Waals surface area contributed by atoms with Crippen molar-refractivity contribution in [2.24, 2.45) is 11.3 Å². The number of unbranched alkanes of at least 4 members (excludes halogenated alkanes) is 2. The van der Waals surface area contributed by atoms with Gasteiger partial charge in [-0.15, -0.1) is 11.8 Å². The predicted octanol–water partition coefficient (Wildman–Crippen LogP) is 5.99. The van der Waals surface area contributed by atoms with Gasteiger partial charge in [-0.1, -0.05) is 57.5 Å². The first-order chi connectivity index (χ1) is 27.3. The Morgan fingerprint density at radius 2 is 1.88 bits per heavy atom. The number of carbonyl (C=O) groups is 4. The molecule has 0 radical (unpaired) electrons. The van der Waals surface area contributed by atoms with Gasteiger partial charge in [0.05, 0.1) is 11.8 Å². The molecule has 3 amide bonds. The van der Waals surface area contributed by atoms with Crippen LogP contribution in [-0.4, -0.2) is 99.2 Å². The van der Waals surface area contributed by atoms with E-state index in [1.807, 2.05) is 52.1 Å². The first kappa shape index (κ1) is 42.1. The average molecular weight is 806 g/mol. The Hall–Kier alpha value is -4.53. The summed E-state index contributed by atoms with van der Waals surface area (Å²) < 4.78 is 37.1. The van der Waals surface area contributed by atoms with Gasteiger partial charge in [0.15, 0.2) is 6.23 Å². The van der Waals surface area contributed by atoms with E-state index in [0.717, 1.165) is 54.7 Å². The van der Waals surface area contributed by atoms with Crippen LogP contribution in [0.4, 0.5) is 8.78 Å². The molecule has 3 aromatic rings. The summed E-state index contributed by atoms with van der Waals surface area (Å²) in [7, 11) is 0. The number of hydrogen-bond donors (Lipinski definition) is 3. The number of ether oxygens (including phenoxy) is 1. The maximum absolute atomic E-state index is 15.2. The summed E-state index contributed by atoms with van der Waals surface area (Å²) in [6.07, 6.45) is 7.84. The zero-order chi connectivity index (χ0) is 40.7. The summed E-state index contributed by atoms with van der Waals surface area (Å²) in [6.45, 7) is 9.16. The van der Waals surface area contributed by atoms with Gasteiger partial charge in [0, 0.05) is 60.9 Å². The van der Waals surface area contributed by atoms with Gasteiger partial charge in [-0.2, -0.15) is 0 Å². The van der Waals surface area contributed by atoms with Crippen LogP contribution in [0.25, 0.3) is 11.1 Å². The van der Waals surface area contributed by atoms with E-state index >= 15 is 4.39 Å². The molecular weight excluding hydrogens is 753 g/mol. The quantitative estimate of drug-likeness (QED) is 0.0994. The molecule has 0 saturated carbocycles. The molecule has 0 spiro atoms. The van der Waals surface area contributed by atoms with Crippen molar-refractivity contribution in [3.8, 4) is 11.1 Å². The fourth-order valence-corrected chi connectivity index (χ4v) is 8.71. The van der Waals surface area contributed by atoms with E-state index in [-0.39, 0.29) is 59.5 Å². The Balaban J connectivity index is 1.14. The van der Waals surface area contributed by atoms with Crippen molar-refractivity contribution >= 4 is 35.5 Å². The normalized spacial score (nSPS) is 19.9. The van der Waals surface area contributed by atoms with Gasteiger partial charge in [0.1, 0.15) is 23.8 Å². The summed E-state index contributed by atoms with van der Waals surface area (Å²) in [6, 6.07) is 13.4. The highest BCUT2D eigenvalue weighted by molar-refractivity contribution is 8.00. The first-order valence-electron chi connectivity index (χ1n) is 19.7. The van der Waals surface area contributed by atoms with Gasteiger partial charge < -0.3 is 34.8 Å². The number of nitrogens with zero attached hydrogens (tertiary/aromatic N) is 3. The molecule has 306 valence electrons. The zero-order valence-corrected chi connectivity index (χ0v) is 33.6. The van der Waals surface area contributed by atoms with Gasteiger partial charge in [0.25, 0.3) is 0 Å². The molecule has 2 saturated heterocycles. The molecule has 5 atom stereocenters. The van der Waals surface area contributed by atoms with Crippen LogP contribution in [0.1, 0.15) is 70.2 Å². The third-order valence-corrected chi connectivity index (χ3v) is 11.7. The van der Waals surface area contributed by atoms with E-state index in [0.29, 0.717) is 44.5 Å². The lowest BCUT2D eigenvalue weighted by atomic mass is 9.82. The van der Waals surface area contributed by atoms with E-state index in [2.05, 4.69) is 31.4 Å². The number of aromatic nitrogens is 1. The zero-order valence-electron chi connectivity index (χ0n) is 32.8. The monoisotopic (exact) mass is 805 g/mol. The molecule has 6 rings (SSSR count). The van der Waals surface area contributed by atoms with Gasteiger partial charge >= 0.3 is 5.97 Å². The van der Waals surface area contributed by atoms with E-state index in [1.165, 1.54) is 12.1 Å². The lowest BCUT2D eigenvalue weighted by Gasteiger charge is -2.42. The van der Waals surface area contributed by atoms with Crippen molar-refractivity contribution in [2.45, 2.75) is 83.8 Å². The van der Waals surface area contributed by atoms with Crippen LogP contribution >= 0.6 is 11.8 Å². The lowest BCUT2D eigenvalue weighted by Crippen LogP contribution is -2.46. The summed E-state index contributed by atoms with van der Waals surface area (Å²) in [5.74, 6) is -2.78. The summed E-state index contributed by atoms with van der Waals surface area (Å²) in [4.78, 5) is 55.2. The van der Waals surface area contributed by atoms with Crippen LogP contribution in [0, 0.1) is 23.0 Å². The van der Waals surface area contributed by atoms with Gasteiger partial charge in [-0.25, -0.2) is 13.6 Å². The van der Waals surface area contributed by atoms with Crippen LogP contribution in [0.5, 0.6) is 0 Å². The number of fused-ring (bicyclic) bond motifs is 1. The number of carbonyl (C=O) groups excluding carboxylic acids is 3. The first-order valence-corrected chi connectivity index (χ1v) is 20.9. The Kier molecular flexibility index (Phi) is 13.9. The van der Waals surface area contributed by atoms with Crippen molar-refractivity contribution in [1.29, 1.82) is 0 Å². The maximum Gasteiger partial charge on any atom is 0.327 e. The highest BCUT2D eigenvalue weighted by Crippen LogP contribution is 2.42. The van der Waals surface area contributed by atoms with Crippen LogP contribution in [0.3, 0.4) is 0 Å². The van der Waals surface area contributed by atoms with E-state index in [9.17, 15) is 28.7 Å². The number of amides is 3. The Bertz CT molecular complexity index is 1930. The van der Waals surface area contributed by atoms with Gasteiger partial charge in [-0.05, 0) is 79.6 Å². The van der Waals surface area contributed by atoms with Gasteiger partial charge in [0.2, 0.25) is 17.7 Å². The molecule has 0 bridgehead atoms. The molecule has 0 aliphatic carbocycles. The fourth-order valence-electron chi connectivity index (χ4n) is 7.79. The number of benzene rings is 2. The second-order valence-electron chi connectivity index (χ2n) is 16.2. The smallest absolute Gasteiger partial charge is 0.327 e. The van der Waals surface area contributed by atoms with Crippen molar-refractivity contribution < 1.29 is 37.8 Å². The van der Waals surface area contributed by atoms with Crippen LogP contribution in [0.15, 0.2) is 72.9 Å². The molecule has 11 nitrogen and oxygen atoms in total. The largest absolute Gasteiger partial charge is 0.480 e. The summed E-state index contributed by atoms with van der Waals surface area (Å²) >= 11 is 1.16. The number of nitrogens with one attached hydrogen (secondary N) is 2. The van der Waals surface area contributed by atoms with Crippen molar-refractivity contribution in [3.05, 3.63) is 95.8 Å². The molecule has 57 heavy (non-hydrogen) atoms. The van der Waals surface area contributed by atoms with Crippen LogP contribution in [-0.2, 0) is 30.5 Å². The molecule has 4 heterocycles. The van der Waals surface area contributed by atoms with E-state index in [1.54, 1.807) is 11.0 Å². The van der Waals surface area contributed by atoms with Crippen molar-refractivity contribution in [3.63, 3.8) is 0 Å². The highest BCUT2D eigenvalue weighted by Gasteiger charge is 2.46. The Morgan fingerprint density at radius 3 is 2.60 bits per heavy atom. The molecule has 2 fully saturated rings. The lowest BCUT2D eigenvalue weighted by molar-refractivity contribution is -0.141. The average Bonchev–Trinajstić information content (AvgIpc) is 3.56. The number of hydrogen-bond acceptors (Lipinski definition) is 7. The number of carboxylic acid groups (broad SMARTS) is 1. The topological polar surface area (TPSA) is 137 Å². The number of rotatable bonds is 19. The minimum atomic E-state index is -1.19. The second kappa shape index (κ2) is 18.8. The molecule has 3 unspecified atom stereocenters. The number of aliphatic carboxylic acids is 1. The maximum atomic E-state index is 15.2. The number of carboxylic acids is 1. The predicted molar refractivity (Wildman–Crippen MR) is 215 cm³/mol. The number of halogens is 2. The van der Waals surface area contributed by atoms with Crippen LogP contribution < -0.4 is 10.6 Å². The third-order valence-electron chi connectivity index (χ3n) is 10.7. The van der Waals surface area contributed by atoms with Crippen molar-refractivity contribution in [2.75, 3.05) is 37.7 Å². The molecule has 3 N–H and O–H groups in total. The minimum absolute atomic E-state index is 0.00759. The molecule has 14 heteroatoms.